The largest absolute Gasteiger partial charge is 0.441 e. The Morgan fingerprint density at radius 2 is 1.79 bits per heavy atom. The number of hydrogen-bond donors (Lipinski definition) is 1. The van der Waals surface area contributed by atoms with Crippen molar-refractivity contribution in [3.63, 3.8) is 0 Å². The van der Waals surface area contributed by atoms with E-state index >= 15 is 0 Å². The number of likely N-dealkylation sites (N-methyl/N-ethyl adjacent to an activating group) is 1. The third-order valence-corrected chi connectivity index (χ3v) is 4.38. The first kappa shape index (κ1) is 20.3. The summed E-state index contributed by atoms with van der Waals surface area (Å²) in [6.07, 6.45) is 2.02. The minimum absolute atomic E-state index is 0.0425. The van der Waals surface area contributed by atoms with Gasteiger partial charge in [0.1, 0.15) is 5.82 Å². The van der Waals surface area contributed by atoms with Gasteiger partial charge in [-0.15, -0.1) is 0 Å². The maximum absolute atomic E-state index is 13.0. The van der Waals surface area contributed by atoms with Crippen molar-refractivity contribution in [2.24, 2.45) is 0 Å². The molecule has 0 bridgehead atoms. The Hall–Kier alpha value is -3.48. The van der Waals surface area contributed by atoms with E-state index in [0.717, 1.165) is 5.56 Å². The average Bonchev–Trinajstić information content (AvgIpc) is 3.17. The highest BCUT2D eigenvalue weighted by Crippen LogP contribution is 2.21. The second kappa shape index (κ2) is 9.14. The molecular weight excluding hydrogens is 373 g/mol. The maximum Gasteiger partial charge on any atom is 0.243 e. The standard InChI is InChI=1S/C22H22FN3O3/c1-15-3-9-18(10-4-15)25-20(27)14-26(2)22(28)12-11-21-24-13-19(29-21)16-5-7-17(23)8-6-16/h3-10,13H,11-12,14H2,1-2H3,(H,25,27). The lowest BCUT2D eigenvalue weighted by molar-refractivity contribution is -0.133. The summed E-state index contributed by atoms with van der Waals surface area (Å²) < 4.78 is 18.6. The van der Waals surface area contributed by atoms with Gasteiger partial charge in [-0.25, -0.2) is 9.37 Å². The van der Waals surface area contributed by atoms with Gasteiger partial charge in [0.05, 0.1) is 12.7 Å². The van der Waals surface area contributed by atoms with Crippen LogP contribution in [0.25, 0.3) is 11.3 Å². The van der Waals surface area contributed by atoms with Crippen LogP contribution in [-0.4, -0.2) is 35.3 Å². The molecule has 29 heavy (non-hydrogen) atoms. The zero-order chi connectivity index (χ0) is 20.8. The molecule has 2 aromatic carbocycles. The van der Waals surface area contributed by atoms with E-state index in [-0.39, 0.29) is 30.6 Å². The lowest BCUT2D eigenvalue weighted by Gasteiger charge is -2.16. The summed E-state index contributed by atoms with van der Waals surface area (Å²) >= 11 is 0. The third kappa shape index (κ3) is 5.75. The van der Waals surface area contributed by atoms with E-state index in [1.807, 2.05) is 31.2 Å². The van der Waals surface area contributed by atoms with Crippen molar-refractivity contribution in [2.45, 2.75) is 19.8 Å². The van der Waals surface area contributed by atoms with Crippen molar-refractivity contribution < 1.29 is 18.4 Å². The number of nitrogens with one attached hydrogen (secondary N) is 1. The van der Waals surface area contributed by atoms with Crippen molar-refractivity contribution in [1.29, 1.82) is 0 Å². The number of nitrogens with zero attached hydrogens (tertiary/aromatic N) is 2. The molecule has 0 aliphatic rings. The van der Waals surface area contributed by atoms with Gasteiger partial charge in [-0.3, -0.25) is 9.59 Å². The highest BCUT2D eigenvalue weighted by Gasteiger charge is 2.15. The fraction of sp³-hybridized carbons (Fsp3) is 0.227. The first-order valence-electron chi connectivity index (χ1n) is 9.22. The van der Waals surface area contributed by atoms with Crippen molar-refractivity contribution in [3.8, 4) is 11.3 Å². The molecule has 2 amide bonds. The summed E-state index contributed by atoms with van der Waals surface area (Å²) in [5.41, 5.74) is 2.50. The van der Waals surface area contributed by atoms with Gasteiger partial charge < -0.3 is 14.6 Å². The number of anilines is 1. The Labute approximate surface area is 168 Å². The third-order valence-electron chi connectivity index (χ3n) is 4.38. The summed E-state index contributed by atoms with van der Waals surface area (Å²) in [6, 6.07) is 13.3. The highest BCUT2D eigenvalue weighted by atomic mass is 19.1. The van der Waals surface area contributed by atoms with Gasteiger partial charge in [0.2, 0.25) is 11.8 Å². The molecule has 3 rings (SSSR count). The van der Waals surface area contributed by atoms with Crippen LogP contribution in [0.1, 0.15) is 17.9 Å². The lowest BCUT2D eigenvalue weighted by Crippen LogP contribution is -2.35. The van der Waals surface area contributed by atoms with E-state index in [0.29, 0.717) is 29.3 Å². The van der Waals surface area contributed by atoms with Crippen LogP contribution in [-0.2, 0) is 16.0 Å². The molecule has 0 fully saturated rings. The second-order valence-corrected chi connectivity index (χ2v) is 6.79. The number of rotatable bonds is 7. The number of amides is 2. The van der Waals surface area contributed by atoms with Crippen LogP contribution in [0.4, 0.5) is 10.1 Å². The van der Waals surface area contributed by atoms with E-state index in [2.05, 4.69) is 10.3 Å². The van der Waals surface area contributed by atoms with Gasteiger partial charge >= 0.3 is 0 Å². The Bertz CT molecular complexity index is 981. The number of aromatic nitrogens is 1. The second-order valence-electron chi connectivity index (χ2n) is 6.79. The van der Waals surface area contributed by atoms with Crippen LogP contribution >= 0.6 is 0 Å². The smallest absolute Gasteiger partial charge is 0.243 e. The number of aryl methyl sites for hydroxylation is 2. The Kier molecular flexibility index (Phi) is 6.39. The van der Waals surface area contributed by atoms with Gasteiger partial charge in [0.15, 0.2) is 11.7 Å². The van der Waals surface area contributed by atoms with Crippen LogP contribution in [0.3, 0.4) is 0 Å². The zero-order valence-electron chi connectivity index (χ0n) is 16.3. The number of hydrogen-bond acceptors (Lipinski definition) is 4. The molecule has 0 atom stereocenters. The summed E-state index contributed by atoms with van der Waals surface area (Å²) in [7, 11) is 1.58. The normalized spacial score (nSPS) is 10.6. The number of oxazole rings is 1. The fourth-order valence-electron chi connectivity index (χ4n) is 2.72. The molecule has 0 aliphatic carbocycles. The minimum atomic E-state index is -0.325. The van der Waals surface area contributed by atoms with Gasteiger partial charge in [-0.2, -0.15) is 0 Å². The number of carbonyl (C=O) groups is 2. The van der Waals surface area contributed by atoms with Crippen LogP contribution in [0.15, 0.2) is 59.1 Å². The first-order valence-corrected chi connectivity index (χ1v) is 9.22. The molecule has 1 heterocycles. The van der Waals surface area contributed by atoms with Gasteiger partial charge in [-0.1, -0.05) is 17.7 Å². The molecule has 150 valence electrons. The summed E-state index contributed by atoms with van der Waals surface area (Å²) in [6.45, 7) is 1.92. The van der Waals surface area contributed by atoms with E-state index in [1.165, 1.54) is 17.0 Å². The van der Waals surface area contributed by atoms with E-state index in [1.54, 1.807) is 25.4 Å². The Morgan fingerprint density at radius 1 is 1.10 bits per heavy atom. The van der Waals surface area contributed by atoms with Crippen LogP contribution in [0.5, 0.6) is 0 Å². The molecule has 6 nitrogen and oxygen atoms in total. The predicted molar refractivity (Wildman–Crippen MR) is 108 cm³/mol. The molecule has 7 heteroatoms. The van der Waals surface area contributed by atoms with Crippen molar-refractivity contribution in [3.05, 3.63) is 72.0 Å². The minimum Gasteiger partial charge on any atom is -0.441 e. The zero-order valence-corrected chi connectivity index (χ0v) is 16.3. The van der Waals surface area contributed by atoms with Crippen LogP contribution in [0, 0.1) is 12.7 Å². The molecule has 3 aromatic rings. The van der Waals surface area contributed by atoms with Crippen molar-refractivity contribution >= 4 is 17.5 Å². The molecule has 0 radical (unpaired) electrons. The topological polar surface area (TPSA) is 75.4 Å². The number of halogens is 1. The van der Waals surface area contributed by atoms with Gasteiger partial charge in [0, 0.05) is 31.1 Å². The van der Waals surface area contributed by atoms with Crippen LogP contribution in [0.2, 0.25) is 0 Å². The molecule has 0 spiro atoms. The quantitative estimate of drug-likeness (QED) is 0.660. The molecular formula is C22H22FN3O3. The first-order chi connectivity index (χ1) is 13.9. The number of benzene rings is 2. The summed E-state index contributed by atoms with van der Waals surface area (Å²) in [4.78, 5) is 29.9. The molecule has 1 aromatic heterocycles. The molecule has 0 aliphatic heterocycles. The summed E-state index contributed by atoms with van der Waals surface area (Å²) in [5.74, 6) is 0.145. The fourth-order valence-corrected chi connectivity index (χ4v) is 2.72. The van der Waals surface area contributed by atoms with Crippen molar-refractivity contribution in [2.75, 3.05) is 18.9 Å². The lowest BCUT2D eigenvalue weighted by atomic mass is 10.2. The molecule has 0 saturated heterocycles. The summed E-state index contributed by atoms with van der Waals surface area (Å²) in [5, 5.41) is 2.76. The average molecular weight is 395 g/mol. The molecule has 1 N–H and O–H groups in total. The van der Waals surface area contributed by atoms with Gasteiger partial charge in [0.25, 0.3) is 0 Å². The molecule has 0 unspecified atom stereocenters. The molecule has 0 saturated carbocycles. The van der Waals surface area contributed by atoms with Gasteiger partial charge in [-0.05, 0) is 43.3 Å². The number of carbonyl (C=O) groups excluding carboxylic acids is 2. The maximum atomic E-state index is 13.0. The highest BCUT2D eigenvalue weighted by molar-refractivity contribution is 5.94. The van der Waals surface area contributed by atoms with Crippen LogP contribution < -0.4 is 5.32 Å². The predicted octanol–water partition coefficient (Wildman–Crippen LogP) is 3.82. The van der Waals surface area contributed by atoms with E-state index in [9.17, 15) is 14.0 Å². The Morgan fingerprint density at radius 3 is 2.48 bits per heavy atom. The van der Waals surface area contributed by atoms with E-state index < -0.39 is 0 Å². The monoisotopic (exact) mass is 395 g/mol. The Balaban J connectivity index is 1.48. The van der Waals surface area contributed by atoms with Crippen molar-refractivity contribution in [1.82, 2.24) is 9.88 Å². The van der Waals surface area contributed by atoms with E-state index in [4.69, 9.17) is 4.42 Å². The SMILES string of the molecule is Cc1ccc(NC(=O)CN(C)C(=O)CCc2ncc(-c3ccc(F)cc3)o2)cc1.